The van der Waals surface area contributed by atoms with Crippen LogP contribution in [0.15, 0.2) is 24.7 Å². The van der Waals surface area contributed by atoms with Gasteiger partial charge in [-0.2, -0.15) is 5.10 Å². The molecule has 0 aliphatic heterocycles. The average Bonchev–Trinajstić information content (AvgIpc) is 2.56. The van der Waals surface area contributed by atoms with Gasteiger partial charge in [0.2, 0.25) is 0 Å². The third kappa shape index (κ3) is 2.83. The molecule has 0 N–H and O–H groups in total. The van der Waals surface area contributed by atoms with E-state index in [2.05, 4.69) is 32.7 Å². The van der Waals surface area contributed by atoms with Crippen molar-refractivity contribution in [3.8, 4) is 0 Å². The van der Waals surface area contributed by atoms with Gasteiger partial charge in [-0.1, -0.05) is 23.2 Å². The fraction of sp³-hybridized carbons (Fsp3) is 0.111. The molecule has 6 heteroatoms. The molecule has 0 bridgehead atoms. The zero-order valence-electron chi connectivity index (χ0n) is 7.49. The molecule has 0 saturated heterocycles. The van der Waals surface area contributed by atoms with Crippen LogP contribution in [-0.4, -0.2) is 14.8 Å². The number of aromatic nitrogens is 3. The Labute approximate surface area is 111 Å². The summed E-state index contributed by atoms with van der Waals surface area (Å²) in [6, 6.07) is 1.63. The van der Waals surface area contributed by atoms with Crippen LogP contribution < -0.4 is 0 Å². The minimum atomic E-state index is 0.402. The van der Waals surface area contributed by atoms with E-state index in [0.29, 0.717) is 16.7 Å². The van der Waals surface area contributed by atoms with E-state index in [1.807, 2.05) is 6.20 Å². The summed E-state index contributed by atoms with van der Waals surface area (Å²) >= 11 is 13.9. The van der Waals surface area contributed by atoms with E-state index in [4.69, 9.17) is 23.2 Å². The molecule has 0 radical (unpaired) electrons. The molecule has 2 heterocycles. The number of hydrogen-bond acceptors (Lipinski definition) is 2. The summed E-state index contributed by atoms with van der Waals surface area (Å²) < 4.78 is 2.89. The lowest BCUT2D eigenvalue weighted by molar-refractivity contribution is 0.685. The van der Waals surface area contributed by atoms with Crippen molar-refractivity contribution in [2.75, 3.05) is 0 Å². The molecule has 2 aromatic rings. The molecule has 0 aliphatic rings. The van der Waals surface area contributed by atoms with Gasteiger partial charge < -0.3 is 0 Å². The van der Waals surface area contributed by atoms with Gasteiger partial charge in [0.15, 0.2) is 0 Å². The lowest BCUT2D eigenvalue weighted by Crippen LogP contribution is -2.01. The zero-order chi connectivity index (χ0) is 10.8. The lowest BCUT2D eigenvalue weighted by atomic mass is 10.3. The van der Waals surface area contributed by atoms with Gasteiger partial charge in [0.25, 0.3) is 0 Å². The first-order valence-electron chi connectivity index (χ1n) is 4.13. The first-order valence-corrected chi connectivity index (χ1v) is 5.96. The van der Waals surface area contributed by atoms with Crippen LogP contribution in [0.3, 0.4) is 0 Å². The van der Waals surface area contributed by atoms with Gasteiger partial charge in [-0.3, -0.25) is 4.68 Å². The molecule has 3 nitrogen and oxygen atoms in total. The van der Waals surface area contributed by atoms with Gasteiger partial charge in [-0.25, -0.2) is 4.98 Å². The predicted molar refractivity (Wildman–Crippen MR) is 68.3 cm³/mol. The fourth-order valence-corrected chi connectivity index (χ4v) is 2.02. The van der Waals surface area contributed by atoms with Crippen LogP contribution in [0.4, 0.5) is 0 Å². The summed E-state index contributed by atoms with van der Waals surface area (Å²) in [6.45, 7) is 0.603. The Balaban J connectivity index is 2.24. The van der Waals surface area contributed by atoms with Crippen molar-refractivity contribution in [3.63, 3.8) is 0 Å². The summed E-state index contributed by atoms with van der Waals surface area (Å²) in [5, 5.41) is 5.18. The molecule has 0 aliphatic carbocycles. The Morgan fingerprint density at radius 3 is 2.73 bits per heavy atom. The van der Waals surface area contributed by atoms with Crippen molar-refractivity contribution in [2.24, 2.45) is 0 Å². The van der Waals surface area contributed by atoms with Crippen molar-refractivity contribution in [1.82, 2.24) is 14.8 Å². The van der Waals surface area contributed by atoms with Crippen LogP contribution in [-0.2, 0) is 6.54 Å². The molecule has 0 amide bonds. The standard InChI is InChI=1S/C9H6Cl2IN3/c10-8-1-9(11)13-2-6(8)4-15-5-7(12)3-14-15/h1-3,5H,4H2. The van der Waals surface area contributed by atoms with E-state index in [1.165, 1.54) is 0 Å². The summed E-state index contributed by atoms with van der Waals surface area (Å²) in [6.07, 6.45) is 5.39. The molecule has 0 unspecified atom stereocenters. The highest BCUT2D eigenvalue weighted by atomic mass is 127. The van der Waals surface area contributed by atoms with Crippen molar-refractivity contribution in [1.29, 1.82) is 0 Å². The summed E-state index contributed by atoms with van der Waals surface area (Å²) in [7, 11) is 0. The number of halogens is 3. The third-order valence-corrected chi connectivity index (χ3v) is 2.95. The average molecular weight is 354 g/mol. The van der Waals surface area contributed by atoms with Crippen LogP contribution in [0.1, 0.15) is 5.56 Å². The monoisotopic (exact) mass is 353 g/mol. The second-order valence-corrected chi connectivity index (χ2v) is 4.99. The van der Waals surface area contributed by atoms with Gasteiger partial charge in [0.1, 0.15) is 5.15 Å². The maximum atomic E-state index is 6.02. The second kappa shape index (κ2) is 4.67. The largest absolute Gasteiger partial charge is 0.267 e. The molecule has 0 fully saturated rings. The van der Waals surface area contributed by atoms with Crippen molar-refractivity contribution in [3.05, 3.63) is 44.0 Å². The summed E-state index contributed by atoms with van der Waals surface area (Å²) in [5.41, 5.74) is 0.903. The van der Waals surface area contributed by atoms with E-state index >= 15 is 0 Å². The van der Waals surface area contributed by atoms with Gasteiger partial charge in [-0.05, 0) is 28.7 Å². The van der Waals surface area contributed by atoms with Crippen LogP contribution in [0.5, 0.6) is 0 Å². The minimum absolute atomic E-state index is 0.402. The number of hydrogen-bond donors (Lipinski definition) is 0. The molecule has 0 spiro atoms. The van der Waals surface area contributed by atoms with Crippen LogP contribution in [0.2, 0.25) is 10.2 Å². The number of nitrogens with zero attached hydrogens (tertiary/aromatic N) is 3. The number of pyridine rings is 1. The Kier molecular flexibility index (Phi) is 3.48. The van der Waals surface area contributed by atoms with Crippen LogP contribution in [0, 0.1) is 3.57 Å². The van der Waals surface area contributed by atoms with E-state index in [9.17, 15) is 0 Å². The molecule has 2 rings (SSSR count). The fourth-order valence-electron chi connectivity index (χ4n) is 1.15. The Morgan fingerprint density at radius 1 is 1.33 bits per heavy atom. The molecule has 0 aromatic carbocycles. The first kappa shape index (κ1) is 11.2. The number of rotatable bonds is 2. The lowest BCUT2D eigenvalue weighted by Gasteiger charge is -2.03. The van der Waals surface area contributed by atoms with Gasteiger partial charge in [-0.15, -0.1) is 0 Å². The van der Waals surface area contributed by atoms with Crippen molar-refractivity contribution in [2.45, 2.75) is 6.54 Å². The van der Waals surface area contributed by atoms with E-state index < -0.39 is 0 Å². The van der Waals surface area contributed by atoms with Crippen molar-refractivity contribution >= 4 is 45.8 Å². The Morgan fingerprint density at radius 2 is 2.13 bits per heavy atom. The highest BCUT2D eigenvalue weighted by Gasteiger charge is 2.04. The van der Waals surface area contributed by atoms with Crippen LogP contribution >= 0.6 is 45.8 Å². The first-order chi connectivity index (χ1) is 7.15. The van der Waals surface area contributed by atoms with Gasteiger partial charge >= 0.3 is 0 Å². The van der Waals surface area contributed by atoms with E-state index in [-0.39, 0.29) is 0 Å². The minimum Gasteiger partial charge on any atom is -0.267 e. The summed E-state index contributed by atoms with van der Waals surface area (Å²) in [4.78, 5) is 3.98. The highest BCUT2D eigenvalue weighted by Crippen LogP contribution is 2.19. The molecule has 78 valence electrons. The smallest absolute Gasteiger partial charge is 0.130 e. The quantitative estimate of drug-likeness (QED) is 0.613. The zero-order valence-corrected chi connectivity index (χ0v) is 11.2. The molecule has 15 heavy (non-hydrogen) atoms. The second-order valence-electron chi connectivity index (χ2n) is 2.95. The normalized spacial score (nSPS) is 10.6. The Bertz CT molecular complexity index is 484. The topological polar surface area (TPSA) is 30.7 Å². The maximum Gasteiger partial charge on any atom is 0.130 e. The van der Waals surface area contributed by atoms with Crippen molar-refractivity contribution < 1.29 is 0 Å². The van der Waals surface area contributed by atoms with E-state index in [1.54, 1.807) is 23.1 Å². The molecule has 0 saturated carbocycles. The Hall–Kier alpha value is -0.330. The highest BCUT2D eigenvalue weighted by molar-refractivity contribution is 14.1. The van der Waals surface area contributed by atoms with Gasteiger partial charge in [0.05, 0.1) is 21.3 Å². The molecule has 2 aromatic heterocycles. The maximum absolute atomic E-state index is 6.02. The van der Waals surface area contributed by atoms with Crippen LogP contribution in [0.25, 0.3) is 0 Å². The molecular formula is C9H6Cl2IN3. The van der Waals surface area contributed by atoms with E-state index in [0.717, 1.165) is 9.13 Å². The molecular weight excluding hydrogens is 348 g/mol. The summed E-state index contributed by atoms with van der Waals surface area (Å²) in [5.74, 6) is 0. The SMILES string of the molecule is Clc1cc(Cl)c(Cn2cc(I)cn2)cn1. The van der Waals surface area contributed by atoms with Gasteiger partial charge in [0, 0.05) is 18.0 Å². The third-order valence-electron chi connectivity index (χ3n) is 1.83. The predicted octanol–water partition coefficient (Wildman–Crippen LogP) is 3.24. The molecule has 0 atom stereocenters.